The van der Waals surface area contributed by atoms with Gasteiger partial charge in [-0.2, -0.15) is 13.9 Å². The third-order valence-corrected chi connectivity index (χ3v) is 7.32. The van der Waals surface area contributed by atoms with Crippen LogP contribution in [0, 0.1) is 11.7 Å². The van der Waals surface area contributed by atoms with Crippen LogP contribution in [-0.2, 0) is 18.1 Å². The first kappa shape index (κ1) is 28.4. The topological polar surface area (TPSA) is 106 Å². The highest BCUT2D eigenvalue weighted by Crippen LogP contribution is 2.41. The van der Waals surface area contributed by atoms with E-state index in [4.69, 9.17) is 5.73 Å². The molecule has 0 spiro atoms. The van der Waals surface area contributed by atoms with Crippen molar-refractivity contribution in [1.29, 1.82) is 0 Å². The van der Waals surface area contributed by atoms with E-state index in [0.717, 1.165) is 36.1 Å². The maximum absolute atomic E-state index is 15.0. The molecule has 0 radical (unpaired) electrons. The van der Waals surface area contributed by atoms with Gasteiger partial charge in [-0.05, 0) is 66.3 Å². The van der Waals surface area contributed by atoms with Crippen LogP contribution in [-0.4, -0.2) is 32.5 Å². The molecule has 4 aromatic rings. The lowest BCUT2D eigenvalue weighted by Crippen LogP contribution is -2.28. The number of alkyl halides is 3. The summed E-state index contributed by atoms with van der Waals surface area (Å²) >= 11 is 0. The van der Waals surface area contributed by atoms with Gasteiger partial charge in [-0.1, -0.05) is 37.1 Å². The fourth-order valence-corrected chi connectivity index (χ4v) is 4.75. The van der Waals surface area contributed by atoms with E-state index in [1.807, 2.05) is 0 Å². The summed E-state index contributed by atoms with van der Waals surface area (Å²) in [5.74, 6) is -5.20. The Bertz CT molecular complexity index is 1540. The Morgan fingerprint density at radius 2 is 1.90 bits per heavy atom. The lowest BCUT2D eigenvalue weighted by molar-refractivity contribution is -0.0324. The molecule has 5 rings (SSSR count). The first-order valence-corrected chi connectivity index (χ1v) is 13.2. The molecular formula is C30H29F4N5O2. The molecule has 2 aromatic heterocycles. The first-order valence-electron chi connectivity index (χ1n) is 13.2. The van der Waals surface area contributed by atoms with Gasteiger partial charge in [0.2, 0.25) is 0 Å². The summed E-state index contributed by atoms with van der Waals surface area (Å²) in [4.78, 5) is 17.5. The zero-order valence-corrected chi connectivity index (χ0v) is 22.0. The largest absolute Gasteiger partial charge is 0.380 e. The third-order valence-electron chi connectivity index (χ3n) is 7.32. The van der Waals surface area contributed by atoms with Crippen LogP contribution < -0.4 is 11.1 Å². The summed E-state index contributed by atoms with van der Waals surface area (Å²) in [5, 5.41) is 18.1. The average molecular weight is 568 g/mol. The highest BCUT2D eigenvalue weighted by molar-refractivity contribution is 6.03. The summed E-state index contributed by atoms with van der Waals surface area (Å²) in [6.45, 7) is -1.87. The summed E-state index contributed by atoms with van der Waals surface area (Å²) < 4.78 is 57.7. The summed E-state index contributed by atoms with van der Waals surface area (Å²) in [6.07, 6.45) is 6.38. The van der Waals surface area contributed by atoms with E-state index in [2.05, 4.69) is 15.4 Å². The minimum Gasteiger partial charge on any atom is -0.380 e. The molecule has 1 unspecified atom stereocenters. The van der Waals surface area contributed by atoms with Crippen LogP contribution in [0.4, 0.5) is 23.2 Å². The summed E-state index contributed by atoms with van der Waals surface area (Å²) in [6, 6.07) is 14.5. The molecular weight excluding hydrogens is 538 g/mol. The number of halogens is 4. The number of aliphatic hydroxyl groups is 1. The van der Waals surface area contributed by atoms with Crippen molar-refractivity contribution in [3.8, 4) is 5.69 Å². The minimum atomic E-state index is -3.95. The van der Waals surface area contributed by atoms with Crippen molar-refractivity contribution in [3.05, 3.63) is 107 Å². The number of benzene rings is 2. The van der Waals surface area contributed by atoms with E-state index in [1.165, 1.54) is 24.4 Å². The number of carbonyl (C=O) groups excluding carboxylic acids is 1. The second-order valence-electron chi connectivity index (χ2n) is 10.3. The lowest BCUT2D eigenvalue weighted by Gasteiger charge is -2.30. The molecule has 2 aromatic carbocycles. The summed E-state index contributed by atoms with van der Waals surface area (Å²) in [7, 11) is 0. The average Bonchev–Trinajstić information content (AvgIpc) is 3.71. The molecule has 0 aliphatic heterocycles. The van der Waals surface area contributed by atoms with Crippen LogP contribution in [0.3, 0.4) is 0 Å². The highest BCUT2D eigenvalue weighted by Gasteiger charge is 2.38. The predicted molar refractivity (Wildman–Crippen MR) is 145 cm³/mol. The van der Waals surface area contributed by atoms with Crippen molar-refractivity contribution >= 4 is 11.6 Å². The van der Waals surface area contributed by atoms with Crippen LogP contribution in [0.1, 0.15) is 58.6 Å². The van der Waals surface area contributed by atoms with Gasteiger partial charge in [-0.3, -0.25) is 9.78 Å². The molecule has 7 nitrogen and oxygen atoms in total. The second-order valence-corrected chi connectivity index (χ2v) is 10.3. The SMILES string of the molecule is NCc1cccc(-n2nc(C(F)(F)CF)cc2C(=O)Nc2cc(C(O)(CCC3CC3)c3cccnc3)ccc2F)c1. The number of pyridine rings is 1. The smallest absolute Gasteiger partial charge is 0.319 e. The van der Waals surface area contributed by atoms with Gasteiger partial charge >= 0.3 is 5.92 Å². The Labute approximate surface area is 234 Å². The molecule has 0 bridgehead atoms. The maximum atomic E-state index is 15.0. The van der Waals surface area contributed by atoms with Gasteiger partial charge in [0.05, 0.1) is 11.4 Å². The normalized spacial score (nSPS) is 15.0. The van der Waals surface area contributed by atoms with Crippen molar-refractivity contribution in [3.63, 3.8) is 0 Å². The number of amides is 1. The number of aromatic nitrogens is 3. The number of hydrogen-bond acceptors (Lipinski definition) is 5. The Morgan fingerprint density at radius 1 is 1.10 bits per heavy atom. The van der Waals surface area contributed by atoms with Gasteiger partial charge in [0.15, 0.2) is 6.67 Å². The molecule has 1 saturated carbocycles. The van der Waals surface area contributed by atoms with Crippen molar-refractivity contribution in [1.82, 2.24) is 14.8 Å². The Balaban J connectivity index is 1.52. The summed E-state index contributed by atoms with van der Waals surface area (Å²) in [5.41, 5.74) is 4.31. The van der Waals surface area contributed by atoms with E-state index >= 15 is 4.39 Å². The van der Waals surface area contributed by atoms with Gasteiger partial charge in [0.1, 0.15) is 22.8 Å². The van der Waals surface area contributed by atoms with E-state index in [0.29, 0.717) is 29.0 Å². The van der Waals surface area contributed by atoms with Crippen LogP contribution in [0.15, 0.2) is 73.1 Å². The van der Waals surface area contributed by atoms with Gasteiger partial charge < -0.3 is 16.2 Å². The van der Waals surface area contributed by atoms with Crippen molar-refractivity contribution in [2.24, 2.45) is 11.7 Å². The molecule has 1 aliphatic carbocycles. The number of nitrogens with two attached hydrogens (primary N) is 1. The van der Waals surface area contributed by atoms with Gasteiger partial charge in [-0.25, -0.2) is 13.5 Å². The number of carbonyl (C=O) groups is 1. The molecule has 1 fully saturated rings. The van der Waals surface area contributed by atoms with Crippen LogP contribution >= 0.6 is 0 Å². The molecule has 0 saturated heterocycles. The molecule has 1 atom stereocenters. The lowest BCUT2D eigenvalue weighted by atomic mass is 9.82. The number of hydrogen-bond donors (Lipinski definition) is 3. The standard InChI is InChI=1S/C30H29F4N5O2/c31-18-30(33,34)27-15-26(39(38-27)23-5-1-3-20(13-23)16-35)28(40)37-25-14-21(8-9-24(25)32)29(41,11-10-19-6-7-19)22-4-2-12-36-17-22/h1-5,8-9,12-15,17,19,41H,6-7,10-11,16,18,35H2,(H,37,40). The number of rotatable bonds is 11. The van der Waals surface area contributed by atoms with Crippen molar-refractivity contribution < 1.29 is 27.5 Å². The zero-order valence-electron chi connectivity index (χ0n) is 22.0. The van der Waals surface area contributed by atoms with E-state index in [-0.39, 0.29) is 23.6 Å². The number of nitrogens with one attached hydrogen (secondary N) is 1. The molecule has 11 heteroatoms. The molecule has 214 valence electrons. The van der Waals surface area contributed by atoms with Crippen LogP contribution in [0.2, 0.25) is 0 Å². The van der Waals surface area contributed by atoms with E-state index < -0.39 is 35.6 Å². The van der Waals surface area contributed by atoms with Crippen LogP contribution in [0.25, 0.3) is 5.69 Å². The number of nitrogens with zero attached hydrogens (tertiary/aromatic N) is 3. The van der Waals surface area contributed by atoms with Crippen molar-refractivity contribution in [2.75, 3.05) is 12.0 Å². The molecule has 4 N–H and O–H groups in total. The van der Waals surface area contributed by atoms with Crippen molar-refractivity contribution in [2.45, 2.75) is 43.8 Å². The highest BCUT2D eigenvalue weighted by atomic mass is 19.3. The molecule has 41 heavy (non-hydrogen) atoms. The fourth-order valence-electron chi connectivity index (χ4n) is 4.75. The Hall–Kier alpha value is -4.09. The fraction of sp³-hybridized carbons (Fsp3) is 0.300. The second kappa shape index (κ2) is 11.4. The minimum absolute atomic E-state index is 0.142. The van der Waals surface area contributed by atoms with Gasteiger partial charge in [0, 0.05) is 24.5 Å². The quantitative estimate of drug-likeness (QED) is 0.205. The zero-order chi connectivity index (χ0) is 29.2. The first-order chi connectivity index (χ1) is 19.6. The van der Waals surface area contributed by atoms with E-state index in [1.54, 1.807) is 36.5 Å². The van der Waals surface area contributed by atoms with Gasteiger partial charge in [-0.15, -0.1) is 0 Å². The monoisotopic (exact) mass is 567 g/mol. The predicted octanol–water partition coefficient (Wildman–Crippen LogP) is 5.60. The number of anilines is 1. The van der Waals surface area contributed by atoms with Gasteiger partial charge in [0.25, 0.3) is 5.91 Å². The van der Waals surface area contributed by atoms with E-state index in [9.17, 15) is 23.1 Å². The van der Waals surface area contributed by atoms with Crippen LogP contribution in [0.5, 0.6) is 0 Å². The molecule has 1 aliphatic rings. The third kappa shape index (κ3) is 6.01. The maximum Gasteiger partial charge on any atom is 0.319 e. The molecule has 1 amide bonds. The Kier molecular flexibility index (Phi) is 7.92. The Morgan fingerprint density at radius 3 is 2.59 bits per heavy atom. The molecule has 2 heterocycles.